The van der Waals surface area contributed by atoms with E-state index in [1.54, 1.807) is 0 Å². The molecule has 1 unspecified atom stereocenters. The Labute approximate surface area is 182 Å². The molecular weight excluding hydrogens is 420 g/mol. The molecular formula is C23H21F2N3O2S. The van der Waals surface area contributed by atoms with Crippen molar-refractivity contribution in [3.8, 4) is 10.4 Å². The van der Waals surface area contributed by atoms with E-state index in [0.29, 0.717) is 18.0 Å². The number of benzene rings is 2. The second-order valence-electron chi connectivity index (χ2n) is 7.48. The molecule has 3 aromatic rings. The van der Waals surface area contributed by atoms with E-state index >= 15 is 0 Å². The first kappa shape index (κ1) is 21.1. The minimum absolute atomic E-state index is 0.209. The highest BCUT2D eigenvalue weighted by molar-refractivity contribution is 7.19. The van der Waals surface area contributed by atoms with E-state index in [1.807, 2.05) is 25.1 Å². The molecule has 160 valence electrons. The zero-order chi connectivity index (χ0) is 22.0. The number of carbonyl (C=O) groups is 2. The lowest BCUT2D eigenvalue weighted by Gasteiger charge is -2.17. The lowest BCUT2D eigenvalue weighted by molar-refractivity contribution is -0.126. The second kappa shape index (κ2) is 8.93. The van der Waals surface area contributed by atoms with Crippen molar-refractivity contribution >= 4 is 28.3 Å². The molecule has 31 heavy (non-hydrogen) atoms. The third-order valence-corrected chi connectivity index (χ3v) is 6.11. The Hall–Kier alpha value is -3.13. The molecule has 1 aliphatic carbocycles. The maximum atomic E-state index is 13.4. The fourth-order valence-electron chi connectivity index (χ4n) is 3.71. The number of halogens is 2. The smallest absolute Gasteiger partial charge is 0.248 e. The van der Waals surface area contributed by atoms with Crippen molar-refractivity contribution in [2.45, 2.75) is 38.6 Å². The van der Waals surface area contributed by atoms with Gasteiger partial charge in [-0.15, -0.1) is 0 Å². The van der Waals surface area contributed by atoms with Crippen LogP contribution in [0.25, 0.3) is 10.4 Å². The molecule has 1 atom stereocenters. The maximum Gasteiger partial charge on any atom is 0.248 e. The van der Waals surface area contributed by atoms with E-state index in [2.05, 4.69) is 21.7 Å². The van der Waals surface area contributed by atoms with Crippen molar-refractivity contribution < 1.29 is 18.4 Å². The molecule has 0 fully saturated rings. The number of nitrogens with one attached hydrogen (secondary N) is 2. The second-order valence-corrected chi connectivity index (χ2v) is 8.48. The molecule has 5 nitrogen and oxygen atoms in total. The zero-order valence-corrected chi connectivity index (χ0v) is 17.7. The predicted octanol–water partition coefficient (Wildman–Crippen LogP) is 4.46. The van der Waals surface area contributed by atoms with Crippen LogP contribution in [0.2, 0.25) is 0 Å². The van der Waals surface area contributed by atoms with Gasteiger partial charge in [0.2, 0.25) is 11.8 Å². The Morgan fingerprint density at radius 1 is 1.16 bits per heavy atom. The van der Waals surface area contributed by atoms with Crippen LogP contribution in [0, 0.1) is 11.6 Å². The van der Waals surface area contributed by atoms with Crippen LogP contribution in [-0.4, -0.2) is 22.8 Å². The molecule has 0 aliphatic heterocycles. The summed E-state index contributed by atoms with van der Waals surface area (Å²) in [6, 6.07) is 10.3. The molecule has 4 rings (SSSR count). The van der Waals surface area contributed by atoms with Gasteiger partial charge in [-0.3, -0.25) is 9.59 Å². The largest absolute Gasteiger partial charge is 0.344 e. The van der Waals surface area contributed by atoms with Crippen LogP contribution < -0.4 is 10.6 Å². The number of carbonyl (C=O) groups excluding carboxylic acids is 2. The van der Waals surface area contributed by atoms with Crippen molar-refractivity contribution in [3.05, 3.63) is 70.9 Å². The van der Waals surface area contributed by atoms with Crippen molar-refractivity contribution in [1.29, 1.82) is 0 Å². The monoisotopic (exact) mass is 441 g/mol. The number of rotatable bonds is 7. The molecule has 0 spiro atoms. The SMILES string of the molecule is CCCC(NC(=O)Cc1cc(F)cc(F)c1)C(=O)Nc1nc2c(s1)-c1ccccc1C2. The van der Waals surface area contributed by atoms with E-state index < -0.39 is 23.6 Å². The fraction of sp³-hybridized carbons (Fsp3) is 0.261. The van der Waals surface area contributed by atoms with Crippen LogP contribution in [0.15, 0.2) is 42.5 Å². The quantitative estimate of drug-likeness (QED) is 0.445. The summed E-state index contributed by atoms with van der Waals surface area (Å²) in [4.78, 5) is 30.8. The molecule has 8 heteroatoms. The number of fused-ring (bicyclic) bond motifs is 3. The van der Waals surface area contributed by atoms with Gasteiger partial charge in [-0.05, 0) is 35.2 Å². The van der Waals surface area contributed by atoms with Gasteiger partial charge < -0.3 is 10.6 Å². The van der Waals surface area contributed by atoms with Crippen LogP contribution in [0.4, 0.5) is 13.9 Å². The van der Waals surface area contributed by atoms with Crippen molar-refractivity contribution in [1.82, 2.24) is 10.3 Å². The minimum Gasteiger partial charge on any atom is -0.344 e. The molecule has 1 aliphatic rings. The Balaban J connectivity index is 1.42. The van der Waals surface area contributed by atoms with Gasteiger partial charge in [0.05, 0.1) is 17.0 Å². The van der Waals surface area contributed by atoms with Gasteiger partial charge in [0, 0.05) is 12.5 Å². The van der Waals surface area contributed by atoms with E-state index in [4.69, 9.17) is 0 Å². The molecule has 2 aromatic carbocycles. The average Bonchev–Trinajstić information content (AvgIpc) is 3.24. The van der Waals surface area contributed by atoms with E-state index in [9.17, 15) is 18.4 Å². The number of nitrogens with zero attached hydrogens (tertiary/aromatic N) is 1. The molecule has 0 bridgehead atoms. The highest BCUT2D eigenvalue weighted by atomic mass is 32.1. The van der Waals surface area contributed by atoms with Crippen LogP contribution in [0.5, 0.6) is 0 Å². The Bertz CT molecular complexity index is 1130. The summed E-state index contributed by atoms with van der Waals surface area (Å²) in [5.41, 5.74) is 3.50. The lowest BCUT2D eigenvalue weighted by atomic mass is 10.1. The Morgan fingerprint density at radius 2 is 1.90 bits per heavy atom. The van der Waals surface area contributed by atoms with Gasteiger partial charge in [-0.2, -0.15) is 0 Å². The molecule has 2 amide bonds. The van der Waals surface area contributed by atoms with Crippen LogP contribution >= 0.6 is 11.3 Å². The number of thiazole rings is 1. The summed E-state index contributed by atoms with van der Waals surface area (Å²) in [7, 11) is 0. The Morgan fingerprint density at radius 3 is 2.65 bits per heavy atom. The van der Waals surface area contributed by atoms with Crippen LogP contribution in [-0.2, 0) is 22.4 Å². The number of hydrogen-bond donors (Lipinski definition) is 2. The predicted molar refractivity (Wildman–Crippen MR) is 116 cm³/mol. The van der Waals surface area contributed by atoms with Gasteiger partial charge >= 0.3 is 0 Å². The van der Waals surface area contributed by atoms with Gasteiger partial charge in [0.25, 0.3) is 0 Å². The van der Waals surface area contributed by atoms with Crippen molar-refractivity contribution in [3.63, 3.8) is 0 Å². The first-order chi connectivity index (χ1) is 14.9. The van der Waals surface area contributed by atoms with Crippen molar-refractivity contribution in [2.24, 2.45) is 0 Å². The Kier molecular flexibility index (Phi) is 6.08. The molecule has 0 radical (unpaired) electrons. The zero-order valence-electron chi connectivity index (χ0n) is 16.9. The minimum atomic E-state index is -0.762. The van der Waals surface area contributed by atoms with E-state index in [-0.39, 0.29) is 17.9 Å². The standard InChI is InChI=1S/C23H21F2N3O2S/c1-2-5-18(26-20(29)10-13-8-15(24)12-16(25)9-13)22(30)28-23-27-19-11-14-6-3-4-7-17(14)21(19)31-23/h3-4,6-9,12,18H,2,5,10-11H2,1H3,(H,26,29)(H,27,28,30). The molecule has 0 saturated carbocycles. The topological polar surface area (TPSA) is 71.1 Å². The van der Waals surface area contributed by atoms with Gasteiger partial charge in [-0.1, -0.05) is 48.9 Å². The van der Waals surface area contributed by atoms with Gasteiger partial charge in [-0.25, -0.2) is 13.8 Å². The summed E-state index contributed by atoms with van der Waals surface area (Å²) >= 11 is 1.41. The third kappa shape index (κ3) is 4.80. The van der Waals surface area contributed by atoms with Gasteiger partial charge in [0.1, 0.15) is 17.7 Å². The summed E-state index contributed by atoms with van der Waals surface area (Å²) < 4.78 is 26.7. The molecule has 1 heterocycles. The molecule has 1 aromatic heterocycles. The highest BCUT2D eigenvalue weighted by Gasteiger charge is 2.25. The maximum absolute atomic E-state index is 13.4. The number of amides is 2. The molecule has 0 saturated heterocycles. The first-order valence-corrected chi connectivity index (χ1v) is 10.9. The first-order valence-electron chi connectivity index (χ1n) is 10.1. The van der Waals surface area contributed by atoms with Crippen LogP contribution in [0.1, 0.15) is 36.6 Å². The van der Waals surface area contributed by atoms with Crippen molar-refractivity contribution in [2.75, 3.05) is 5.32 Å². The summed E-state index contributed by atoms with van der Waals surface area (Å²) in [6.45, 7) is 1.91. The number of anilines is 1. The summed E-state index contributed by atoms with van der Waals surface area (Å²) in [5, 5.41) is 5.97. The lowest BCUT2D eigenvalue weighted by Crippen LogP contribution is -2.44. The fourth-order valence-corrected chi connectivity index (χ4v) is 4.75. The van der Waals surface area contributed by atoms with Gasteiger partial charge in [0.15, 0.2) is 5.13 Å². The summed E-state index contributed by atoms with van der Waals surface area (Å²) in [5.74, 6) is -2.33. The molecule has 2 N–H and O–H groups in total. The average molecular weight is 442 g/mol. The van der Waals surface area contributed by atoms with E-state index in [1.165, 1.54) is 16.9 Å². The normalized spacial score (nSPS) is 12.7. The summed E-state index contributed by atoms with van der Waals surface area (Å²) in [6.07, 6.45) is 1.62. The number of hydrogen-bond acceptors (Lipinski definition) is 4. The van der Waals surface area contributed by atoms with Crippen LogP contribution in [0.3, 0.4) is 0 Å². The third-order valence-electron chi connectivity index (χ3n) is 5.06. The van der Waals surface area contributed by atoms with E-state index in [0.717, 1.165) is 40.8 Å². The highest BCUT2D eigenvalue weighted by Crippen LogP contribution is 2.41. The number of aromatic nitrogens is 1.